The second kappa shape index (κ2) is 8.86. The summed E-state index contributed by atoms with van der Waals surface area (Å²) < 4.78 is 5.13. The number of ether oxygens (including phenoxy) is 1. The van der Waals surface area contributed by atoms with Crippen molar-refractivity contribution in [2.75, 3.05) is 19.5 Å². The summed E-state index contributed by atoms with van der Waals surface area (Å²) in [6.07, 6.45) is 0.0793. The number of rotatable bonds is 4. The fourth-order valence-corrected chi connectivity index (χ4v) is 4.03. The summed E-state index contributed by atoms with van der Waals surface area (Å²) in [7, 11) is 3.16. The molecular weight excluding hydrogens is 421 g/mol. The zero-order valence-electron chi connectivity index (χ0n) is 15.1. The number of halogens is 2. The largest absolute Gasteiger partial charge is 0.495 e. The average molecular weight is 438 g/mol. The fourth-order valence-electron chi connectivity index (χ4n) is 2.52. The van der Waals surface area contributed by atoms with Gasteiger partial charge in [0.05, 0.1) is 17.8 Å². The van der Waals surface area contributed by atoms with Crippen molar-refractivity contribution < 1.29 is 14.3 Å². The number of thioether (sulfide) groups is 1. The van der Waals surface area contributed by atoms with Gasteiger partial charge in [-0.05, 0) is 36.4 Å². The third kappa shape index (κ3) is 4.79. The number of benzene rings is 2. The Hall–Kier alpha value is -2.22. The number of hydrogen-bond donors (Lipinski definition) is 1. The summed E-state index contributed by atoms with van der Waals surface area (Å²) in [6.45, 7) is 0. The van der Waals surface area contributed by atoms with Crippen molar-refractivity contribution in [3.8, 4) is 5.75 Å². The maximum absolute atomic E-state index is 12.6. The molecule has 6 nitrogen and oxygen atoms in total. The highest BCUT2D eigenvalue weighted by atomic mass is 35.5. The van der Waals surface area contributed by atoms with Gasteiger partial charge in [0, 0.05) is 24.2 Å². The molecule has 1 unspecified atom stereocenters. The molecule has 0 saturated carbocycles. The minimum atomic E-state index is -0.602. The minimum Gasteiger partial charge on any atom is -0.495 e. The number of nitrogens with zero attached hydrogens (tertiary/aromatic N) is 2. The quantitative estimate of drug-likeness (QED) is 0.758. The molecule has 0 spiro atoms. The first-order chi connectivity index (χ1) is 13.4. The summed E-state index contributed by atoms with van der Waals surface area (Å²) in [5.74, 6) is 0.0580. The summed E-state index contributed by atoms with van der Waals surface area (Å²) >= 11 is 13.3. The van der Waals surface area contributed by atoms with Crippen LogP contribution < -0.4 is 10.1 Å². The van der Waals surface area contributed by atoms with Gasteiger partial charge in [0.2, 0.25) is 11.8 Å². The van der Waals surface area contributed by atoms with Crippen LogP contribution in [0.1, 0.15) is 6.42 Å². The molecule has 1 heterocycles. The van der Waals surface area contributed by atoms with Crippen LogP contribution in [0.4, 0.5) is 11.4 Å². The van der Waals surface area contributed by atoms with Gasteiger partial charge in [0.1, 0.15) is 11.0 Å². The highest BCUT2D eigenvalue weighted by Gasteiger charge is 2.34. The molecule has 2 aromatic carbocycles. The number of anilines is 1. The van der Waals surface area contributed by atoms with Crippen LogP contribution in [0.15, 0.2) is 47.5 Å². The van der Waals surface area contributed by atoms with E-state index in [2.05, 4.69) is 10.3 Å². The molecule has 1 saturated heterocycles. The zero-order chi connectivity index (χ0) is 20.3. The molecule has 146 valence electrons. The van der Waals surface area contributed by atoms with Crippen LogP contribution in [-0.2, 0) is 9.59 Å². The van der Waals surface area contributed by atoms with E-state index in [-0.39, 0.29) is 18.2 Å². The number of methoxy groups -OCH3 is 1. The van der Waals surface area contributed by atoms with Crippen molar-refractivity contribution in [3.05, 3.63) is 52.5 Å². The van der Waals surface area contributed by atoms with Crippen LogP contribution in [0.25, 0.3) is 0 Å². The van der Waals surface area contributed by atoms with E-state index in [1.807, 2.05) is 0 Å². The standard InChI is InChI=1S/C19H17Cl2N3O3S/c1-24-17(25)10-16(18(26)22-12-5-3-4-11(20)8-12)28-19(24)23-13-6-7-15(27-2)14(21)9-13/h3-9,16H,10H2,1-2H3,(H,22,26). The van der Waals surface area contributed by atoms with Gasteiger partial charge in [-0.25, -0.2) is 4.99 Å². The number of nitrogens with one attached hydrogen (secondary N) is 1. The smallest absolute Gasteiger partial charge is 0.238 e. The Labute approximate surface area is 176 Å². The molecule has 28 heavy (non-hydrogen) atoms. The van der Waals surface area contributed by atoms with E-state index in [1.54, 1.807) is 49.5 Å². The molecule has 1 aliphatic heterocycles. The Morgan fingerprint density at radius 3 is 2.75 bits per heavy atom. The molecule has 1 N–H and O–H groups in total. The van der Waals surface area contributed by atoms with Crippen LogP contribution in [0.3, 0.4) is 0 Å². The van der Waals surface area contributed by atoms with Gasteiger partial charge in [-0.3, -0.25) is 14.5 Å². The Balaban J connectivity index is 1.79. The van der Waals surface area contributed by atoms with Gasteiger partial charge in [-0.1, -0.05) is 41.0 Å². The molecule has 0 bridgehead atoms. The van der Waals surface area contributed by atoms with Crippen LogP contribution >= 0.6 is 35.0 Å². The predicted octanol–water partition coefficient (Wildman–Crippen LogP) is 4.59. The summed E-state index contributed by atoms with van der Waals surface area (Å²) in [5, 5.41) is 3.54. The molecule has 0 radical (unpaired) electrons. The maximum atomic E-state index is 12.6. The van der Waals surface area contributed by atoms with Gasteiger partial charge >= 0.3 is 0 Å². The van der Waals surface area contributed by atoms with Crippen LogP contribution in [-0.4, -0.2) is 41.3 Å². The molecule has 2 amide bonds. The van der Waals surface area contributed by atoms with Gasteiger partial charge in [0.25, 0.3) is 0 Å². The molecule has 1 fully saturated rings. The number of aliphatic imine (C=N–C) groups is 1. The molecule has 3 rings (SSSR count). The number of hydrogen-bond acceptors (Lipinski definition) is 5. The molecule has 9 heteroatoms. The molecule has 2 aromatic rings. The molecular formula is C19H17Cl2N3O3S. The van der Waals surface area contributed by atoms with Crippen LogP contribution in [0.2, 0.25) is 10.0 Å². The lowest BCUT2D eigenvalue weighted by Gasteiger charge is -2.28. The van der Waals surface area contributed by atoms with Gasteiger partial charge in [-0.2, -0.15) is 0 Å². The van der Waals surface area contributed by atoms with E-state index < -0.39 is 5.25 Å². The number of carbonyl (C=O) groups is 2. The van der Waals surface area contributed by atoms with Crippen molar-refractivity contribution in [1.29, 1.82) is 0 Å². The van der Waals surface area contributed by atoms with E-state index in [4.69, 9.17) is 27.9 Å². The fraction of sp³-hybridized carbons (Fsp3) is 0.211. The van der Waals surface area contributed by atoms with Gasteiger partial charge in [0.15, 0.2) is 5.17 Å². The SMILES string of the molecule is COc1ccc(N=C2SC(C(=O)Nc3cccc(Cl)c3)CC(=O)N2C)cc1Cl. The van der Waals surface area contributed by atoms with Crippen molar-refractivity contribution in [1.82, 2.24) is 4.90 Å². The van der Waals surface area contributed by atoms with Crippen molar-refractivity contribution in [3.63, 3.8) is 0 Å². The Kier molecular flexibility index (Phi) is 6.49. The Morgan fingerprint density at radius 1 is 1.29 bits per heavy atom. The lowest BCUT2D eigenvalue weighted by molar-refractivity contribution is -0.128. The van der Waals surface area contributed by atoms with Crippen molar-refractivity contribution in [2.45, 2.75) is 11.7 Å². The van der Waals surface area contributed by atoms with Gasteiger partial charge < -0.3 is 10.1 Å². The molecule has 1 aliphatic rings. The van der Waals surface area contributed by atoms with E-state index in [0.717, 1.165) is 0 Å². The zero-order valence-corrected chi connectivity index (χ0v) is 17.4. The second-order valence-corrected chi connectivity index (χ2v) is 7.99. The summed E-state index contributed by atoms with van der Waals surface area (Å²) in [6, 6.07) is 11.9. The van der Waals surface area contributed by atoms with E-state index in [9.17, 15) is 9.59 Å². The van der Waals surface area contributed by atoms with E-state index in [0.29, 0.717) is 32.3 Å². The first-order valence-corrected chi connectivity index (χ1v) is 9.93. The minimum absolute atomic E-state index is 0.0793. The highest BCUT2D eigenvalue weighted by Crippen LogP contribution is 2.32. The first-order valence-electron chi connectivity index (χ1n) is 8.29. The highest BCUT2D eigenvalue weighted by molar-refractivity contribution is 8.15. The van der Waals surface area contributed by atoms with Crippen LogP contribution in [0.5, 0.6) is 5.75 Å². The number of amides is 2. The third-order valence-electron chi connectivity index (χ3n) is 4.01. The average Bonchev–Trinajstić information content (AvgIpc) is 2.65. The normalized spacial score (nSPS) is 18.3. The maximum Gasteiger partial charge on any atom is 0.238 e. The summed E-state index contributed by atoms with van der Waals surface area (Å²) in [5.41, 5.74) is 1.13. The lowest BCUT2D eigenvalue weighted by atomic mass is 10.2. The van der Waals surface area contributed by atoms with Gasteiger partial charge in [-0.15, -0.1) is 0 Å². The Morgan fingerprint density at radius 2 is 2.07 bits per heavy atom. The summed E-state index contributed by atoms with van der Waals surface area (Å²) in [4.78, 5) is 30.9. The van der Waals surface area contributed by atoms with Crippen molar-refractivity contribution >= 4 is 63.3 Å². The van der Waals surface area contributed by atoms with Crippen molar-refractivity contribution in [2.24, 2.45) is 4.99 Å². The Bertz CT molecular complexity index is 952. The van der Waals surface area contributed by atoms with E-state index in [1.165, 1.54) is 23.8 Å². The number of carbonyl (C=O) groups excluding carboxylic acids is 2. The number of amidine groups is 1. The van der Waals surface area contributed by atoms with E-state index >= 15 is 0 Å². The third-order valence-corrected chi connectivity index (χ3v) is 5.79. The molecule has 0 aliphatic carbocycles. The molecule has 0 aromatic heterocycles. The topological polar surface area (TPSA) is 71.0 Å². The predicted molar refractivity (Wildman–Crippen MR) is 114 cm³/mol. The second-order valence-electron chi connectivity index (χ2n) is 5.98. The molecule has 1 atom stereocenters. The monoisotopic (exact) mass is 437 g/mol. The lowest BCUT2D eigenvalue weighted by Crippen LogP contribution is -2.43. The van der Waals surface area contributed by atoms with Crippen LogP contribution in [0, 0.1) is 0 Å². The first kappa shape index (κ1) is 20.5.